The molecule has 1 aromatic rings. The lowest BCUT2D eigenvalue weighted by atomic mass is 9.63. The highest BCUT2D eigenvalue weighted by Gasteiger charge is 2.46. The first kappa shape index (κ1) is 9.41. The third-order valence-electron chi connectivity index (χ3n) is 4.10. The highest BCUT2D eigenvalue weighted by molar-refractivity contribution is 5.39. The Hall–Kier alpha value is -0.820. The number of rotatable bonds is 0. The van der Waals surface area contributed by atoms with Gasteiger partial charge in [0.2, 0.25) is 0 Å². The molecule has 1 aliphatic heterocycles. The number of ether oxygens (including phenoxy) is 1. The van der Waals surface area contributed by atoms with Crippen molar-refractivity contribution in [1.29, 1.82) is 0 Å². The lowest BCUT2D eigenvalue weighted by molar-refractivity contribution is -0.0983. The lowest BCUT2D eigenvalue weighted by Gasteiger charge is -2.50. The third-order valence-corrected chi connectivity index (χ3v) is 4.10. The minimum Gasteiger partial charge on any atom is -0.375 e. The van der Waals surface area contributed by atoms with Crippen LogP contribution in [0.3, 0.4) is 0 Å². The van der Waals surface area contributed by atoms with Crippen LogP contribution in [0.1, 0.15) is 37.8 Å². The summed E-state index contributed by atoms with van der Waals surface area (Å²) in [5.41, 5.74) is 3.49. The monoisotopic (exact) mass is 202 g/mol. The zero-order chi connectivity index (χ0) is 10.5. The van der Waals surface area contributed by atoms with Gasteiger partial charge >= 0.3 is 0 Å². The first-order chi connectivity index (χ1) is 7.11. The molecule has 80 valence electrons. The predicted molar refractivity (Wildman–Crippen MR) is 61.1 cm³/mol. The van der Waals surface area contributed by atoms with Gasteiger partial charge in [-0.1, -0.05) is 31.2 Å². The second kappa shape index (κ2) is 2.85. The number of hydrogen-bond acceptors (Lipinski definition) is 1. The molecule has 1 fully saturated rings. The van der Waals surface area contributed by atoms with Crippen LogP contribution in [-0.4, -0.2) is 12.2 Å². The summed E-state index contributed by atoms with van der Waals surface area (Å²) in [6, 6.07) is 8.88. The van der Waals surface area contributed by atoms with Gasteiger partial charge in [0.25, 0.3) is 0 Å². The van der Waals surface area contributed by atoms with Crippen LogP contribution in [0.15, 0.2) is 24.3 Å². The van der Waals surface area contributed by atoms with Crippen molar-refractivity contribution in [3.05, 3.63) is 35.4 Å². The number of fused-ring (bicyclic) bond motifs is 4. The maximum Gasteiger partial charge on any atom is 0.0703 e. The molecule has 1 aromatic carbocycles. The van der Waals surface area contributed by atoms with Crippen LogP contribution in [0.2, 0.25) is 0 Å². The van der Waals surface area contributed by atoms with Crippen LogP contribution in [-0.2, 0) is 16.6 Å². The summed E-state index contributed by atoms with van der Waals surface area (Å²) in [6.07, 6.45) is 3.43. The standard InChI is InChI=1S/C14H18O/c1-13-7-8-15-14(2,10-13)9-11-5-3-4-6-12(11)13/h3-6H,7-10H2,1-2H3/t13-,14+/m0/s1. The van der Waals surface area contributed by atoms with Crippen molar-refractivity contribution < 1.29 is 4.74 Å². The van der Waals surface area contributed by atoms with Gasteiger partial charge in [-0.3, -0.25) is 0 Å². The van der Waals surface area contributed by atoms with Gasteiger partial charge in [0.1, 0.15) is 0 Å². The van der Waals surface area contributed by atoms with E-state index in [2.05, 4.69) is 38.1 Å². The molecule has 2 bridgehead atoms. The molecule has 1 heteroatoms. The number of benzene rings is 1. The number of hydrogen-bond donors (Lipinski definition) is 0. The average Bonchev–Trinajstić information content (AvgIpc) is 2.16. The fourth-order valence-corrected chi connectivity index (χ4v) is 3.50. The summed E-state index contributed by atoms with van der Waals surface area (Å²) in [6.45, 7) is 5.58. The topological polar surface area (TPSA) is 9.23 Å². The molecule has 1 nitrogen and oxygen atoms in total. The Balaban J connectivity index is 2.16. The highest BCUT2D eigenvalue weighted by Crippen LogP contribution is 2.48. The Kier molecular flexibility index (Phi) is 1.79. The SMILES string of the molecule is C[C@]12Cc3ccccc3[C@@](C)(CCO1)C2. The van der Waals surface area contributed by atoms with Crippen molar-refractivity contribution in [1.82, 2.24) is 0 Å². The molecule has 3 rings (SSSR count). The molecular weight excluding hydrogens is 184 g/mol. The van der Waals surface area contributed by atoms with E-state index in [0.717, 1.165) is 13.0 Å². The Morgan fingerprint density at radius 3 is 2.87 bits per heavy atom. The minimum absolute atomic E-state index is 0.0847. The van der Waals surface area contributed by atoms with Crippen molar-refractivity contribution in [2.45, 2.75) is 44.1 Å². The first-order valence-electron chi connectivity index (χ1n) is 5.84. The molecule has 0 saturated carbocycles. The van der Waals surface area contributed by atoms with Crippen molar-refractivity contribution in [2.75, 3.05) is 6.61 Å². The summed E-state index contributed by atoms with van der Waals surface area (Å²) in [4.78, 5) is 0. The maximum atomic E-state index is 5.96. The van der Waals surface area contributed by atoms with Gasteiger partial charge in [-0.05, 0) is 36.3 Å². The summed E-state index contributed by atoms with van der Waals surface area (Å²) < 4.78 is 5.96. The average molecular weight is 202 g/mol. The van der Waals surface area contributed by atoms with Gasteiger partial charge in [0.15, 0.2) is 0 Å². The molecular formula is C14H18O. The Morgan fingerprint density at radius 2 is 2.00 bits per heavy atom. The summed E-state index contributed by atoms with van der Waals surface area (Å²) in [5.74, 6) is 0. The van der Waals surface area contributed by atoms with E-state index in [-0.39, 0.29) is 5.60 Å². The maximum absolute atomic E-state index is 5.96. The Labute approximate surface area is 91.5 Å². The fourth-order valence-electron chi connectivity index (χ4n) is 3.50. The molecule has 1 aliphatic carbocycles. The normalized spacial score (nSPS) is 38.5. The largest absolute Gasteiger partial charge is 0.375 e. The molecule has 0 radical (unpaired) electrons. The van der Waals surface area contributed by atoms with E-state index in [1.54, 1.807) is 5.56 Å². The van der Waals surface area contributed by atoms with E-state index in [0.29, 0.717) is 5.41 Å². The van der Waals surface area contributed by atoms with Crippen molar-refractivity contribution in [2.24, 2.45) is 0 Å². The molecule has 0 unspecified atom stereocenters. The van der Waals surface area contributed by atoms with Crippen molar-refractivity contribution in [3.63, 3.8) is 0 Å². The van der Waals surface area contributed by atoms with Gasteiger partial charge in [0, 0.05) is 13.0 Å². The smallest absolute Gasteiger partial charge is 0.0703 e. The van der Waals surface area contributed by atoms with Crippen LogP contribution in [0, 0.1) is 0 Å². The van der Waals surface area contributed by atoms with Crippen LogP contribution in [0.25, 0.3) is 0 Å². The molecule has 0 spiro atoms. The van der Waals surface area contributed by atoms with Crippen molar-refractivity contribution >= 4 is 0 Å². The molecule has 1 heterocycles. The molecule has 2 aliphatic rings. The second-order valence-electron chi connectivity index (χ2n) is 5.62. The van der Waals surface area contributed by atoms with Gasteiger partial charge in [-0.25, -0.2) is 0 Å². The van der Waals surface area contributed by atoms with Gasteiger partial charge in [0.05, 0.1) is 5.60 Å². The lowest BCUT2D eigenvalue weighted by Crippen LogP contribution is -2.49. The van der Waals surface area contributed by atoms with E-state index in [4.69, 9.17) is 4.74 Å². The molecule has 2 atom stereocenters. The summed E-state index contributed by atoms with van der Waals surface area (Å²) >= 11 is 0. The summed E-state index contributed by atoms with van der Waals surface area (Å²) in [5, 5.41) is 0. The van der Waals surface area contributed by atoms with Crippen LogP contribution in [0.5, 0.6) is 0 Å². The highest BCUT2D eigenvalue weighted by atomic mass is 16.5. The third kappa shape index (κ3) is 1.33. The molecule has 1 saturated heterocycles. The van der Waals surface area contributed by atoms with E-state index >= 15 is 0 Å². The molecule has 0 N–H and O–H groups in total. The zero-order valence-electron chi connectivity index (χ0n) is 9.55. The Bertz CT molecular complexity index is 398. The second-order valence-corrected chi connectivity index (χ2v) is 5.62. The van der Waals surface area contributed by atoms with Crippen LogP contribution >= 0.6 is 0 Å². The van der Waals surface area contributed by atoms with Gasteiger partial charge in [-0.15, -0.1) is 0 Å². The van der Waals surface area contributed by atoms with Gasteiger partial charge in [-0.2, -0.15) is 0 Å². The van der Waals surface area contributed by atoms with E-state index in [9.17, 15) is 0 Å². The molecule has 15 heavy (non-hydrogen) atoms. The fraction of sp³-hybridized carbons (Fsp3) is 0.571. The van der Waals surface area contributed by atoms with Crippen LogP contribution < -0.4 is 0 Å². The van der Waals surface area contributed by atoms with Crippen LogP contribution in [0.4, 0.5) is 0 Å². The van der Waals surface area contributed by atoms with E-state index in [1.165, 1.54) is 18.4 Å². The van der Waals surface area contributed by atoms with Gasteiger partial charge < -0.3 is 4.74 Å². The van der Waals surface area contributed by atoms with E-state index in [1.807, 2.05) is 0 Å². The molecule has 0 aromatic heterocycles. The predicted octanol–water partition coefficient (Wildman–Crippen LogP) is 3.07. The first-order valence-corrected chi connectivity index (χ1v) is 5.84. The summed E-state index contributed by atoms with van der Waals surface area (Å²) in [7, 11) is 0. The van der Waals surface area contributed by atoms with E-state index < -0.39 is 0 Å². The minimum atomic E-state index is 0.0847. The zero-order valence-corrected chi connectivity index (χ0v) is 9.55. The quantitative estimate of drug-likeness (QED) is 0.628. The van der Waals surface area contributed by atoms with Crippen molar-refractivity contribution in [3.8, 4) is 0 Å². The Morgan fingerprint density at radius 1 is 1.20 bits per heavy atom. The molecule has 0 amide bonds.